The van der Waals surface area contributed by atoms with Crippen LogP contribution in [0.25, 0.3) is 98.5 Å². The molecule has 0 atom stereocenters. The van der Waals surface area contributed by atoms with Crippen molar-refractivity contribution in [3.63, 3.8) is 0 Å². The minimum Gasteiger partial charge on any atom is -0.309 e. The number of fused-ring (bicyclic) bond motifs is 9. The molecule has 0 bridgehead atoms. The van der Waals surface area contributed by atoms with Crippen LogP contribution in [0, 0.1) is 17.9 Å². The molecule has 0 N–H and O–H groups in total. The van der Waals surface area contributed by atoms with Crippen molar-refractivity contribution < 1.29 is 0 Å². The molecule has 55 heavy (non-hydrogen) atoms. The summed E-state index contributed by atoms with van der Waals surface area (Å²) < 4.78 is 6.85. The number of para-hydroxylation sites is 5. The summed E-state index contributed by atoms with van der Waals surface area (Å²) in [5.41, 5.74) is 12.3. The highest BCUT2D eigenvalue weighted by atomic mass is 15.1. The SMILES string of the molecule is [C-]#[N+]c1cc(-n2c3ccccc3c3cc(C#N)cc(-n4c5ccccc5c5ccccc54)c32)ccc1-c1ccc(-n2c3ccccc3c3ccccc32)cc1. The molecule has 11 aromatic rings. The van der Waals surface area contributed by atoms with E-state index in [9.17, 15) is 5.26 Å². The number of nitriles is 1. The van der Waals surface area contributed by atoms with Crippen LogP contribution in [0.5, 0.6) is 0 Å². The van der Waals surface area contributed by atoms with Crippen LogP contribution in [0.4, 0.5) is 5.69 Å². The highest BCUT2D eigenvalue weighted by Crippen LogP contribution is 2.42. The summed E-state index contributed by atoms with van der Waals surface area (Å²) in [5, 5.41) is 17.1. The fourth-order valence-corrected chi connectivity index (χ4v) is 8.75. The fraction of sp³-hybridized carbons (Fsp3) is 0. The molecule has 5 heteroatoms. The number of rotatable bonds is 4. The van der Waals surface area contributed by atoms with Crippen molar-refractivity contribution in [1.82, 2.24) is 13.7 Å². The lowest BCUT2D eigenvalue weighted by atomic mass is 10.0. The molecule has 5 nitrogen and oxygen atoms in total. The highest BCUT2D eigenvalue weighted by molar-refractivity contribution is 6.15. The van der Waals surface area contributed by atoms with Crippen molar-refractivity contribution >= 4 is 71.1 Å². The topological polar surface area (TPSA) is 42.9 Å². The van der Waals surface area contributed by atoms with E-state index >= 15 is 0 Å². The van der Waals surface area contributed by atoms with Crippen molar-refractivity contribution in [2.45, 2.75) is 0 Å². The average Bonchev–Trinajstić information content (AvgIpc) is 3.89. The second-order valence-corrected chi connectivity index (χ2v) is 14.0. The minimum atomic E-state index is 0.570. The van der Waals surface area contributed by atoms with E-state index in [1.54, 1.807) is 0 Å². The minimum absolute atomic E-state index is 0.570. The second-order valence-electron chi connectivity index (χ2n) is 14.0. The first-order chi connectivity index (χ1) is 27.2. The maximum Gasteiger partial charge on any atom is 0.196 e. The molecule has 11 rings (SSSR count). The van der Waals surface area contributed by atoms with E-state index in [1.807, 2.05) is 30.3 Å². The van der Waals surface area contributed by atoms with Crippen molar-refractivity contribution in [3.8, 4) is 34.3 Å². The van der Waals surface area contributed by atoms with Crippen LogP contribution in [-0.4, -0.2) is 13.7 Å². The third-order valence-electron chi connectivity index (χ3n) is 11.1. The smallest absolute Gasteiger partial charge is 0.196 e. The van der Waals surface area contributed by atoms with Gasteiger partial charge >= 0.3 is 0 Å². The zero-order valence-corrected chi connectivity index (χ0v) is 29.5. The molecular formula is C50H29N5. The molecule has 0 saturated heterocycles. The van der Waals surface area contributed by atoms with Gasteiger partial charge in [0.1, 0.15) is 0 Å². The van der Waals surface area contributed by atoms with Crippen LogP contribution in [0.15, 0.2) is 176 Å². The van der Waals surface area contributed by atoms with E-state index in [4.69, 9.17) is 6.57 Å². The summed E-state index contributed by atoms with van der Waals surface area (Å²) in [6.45, 7) is 8.38. The Hall–Kier alpha value is -7.86. The van der Waals surface area contributed by atoms with E-state index in [0.717, 1.165) is 82.8 Å². The van der Waals surface area contributed by atoms with Gasteiger partial charge in [0.05, 0.1) is 57.0 Å². The average molecular weight is 700 g/mol. The Kier molecular flexibility index (Phi) is 6.61. The van der Waals surface area contributed by atoms with Gasteiger partial charge in [-0.15, -0.1) is 0 Å². The summed E-state index contributed by atoms with van der Waals surface area (Å²) in [6.07, 6.45) is 0. The number of nitrogens with zero attached hydrogens (tertiary/aromatic N) is 5. The molecule has 0 amide bonds. The van der Waals surface area contributed by atoms with Gasteiger partial charge in [0.2, 0.25) is 0 Å². The van der Waals surface area contributed by atoms with Crippen LogP contribution >= 0.6 is 0 Å². The summed E-state index contributed by atoms with van der Waals surface area (Å²) in [5.74, 6) is 0. The number of hydrogen-bond donors (Lipinski definition) is 0. The van der Waals surface area contributed by atoms with Crippen molar-refractivity contribution in [1.29, 1.82) is 5.26 Å². The molecule has 3 heterocycles. The first kappa shape index (κ1) is 30.7. The van der Waals surface area contributed by atoms with Crippen molar-refractivity contribution in [2.24, 2.45) is 0 Å². The van der Waals surface area contributed by atoms with Gasteiger partial charge in [-0.25, -0.2) is 4.85 Å². The first-order valence-corrected chi connectivity index (χ1v) is 18.3. The van der Waals surface area contributed by atoms with Gasteiger partial charge in [0.25, 0.3) is 0 Å². The van der Waals surface area contributed by atoms with Crippen molar-refractivity contribution in [2.75, 3.05) is 0 Å². The first-order valence-electron chi connectivity index (χ1n) is 18.3. The van der Waals surface area contributed by atoms with Crippen LogP contribution in [-0.2, 0) is 0 Å². The van der Waals surface area contributed by atoms with E-state index < -0.39 is 0 Å². The van der Waals surface area contributed by atoms with Crippen LogP contribution in [0.2, 0.25) is 0 Å². The van der Waals surface area contributed by atoms with Crippen LogP contribution in [0.3, 0.4) is 0 Å². The van der Waals surface area contributed by atoms with Gasteiger partial charge in [-0.2, -0.15) is 5.26 Å². The lowest BCUT2D eigenvalue weighted by molar-refractivity contribution is 1.13. The molecular weight excluding hydrogens is 671 g/mol. The van der Waals surface area contributed by atoms with Gasteiger partial charge < -0.3 is 13.7 Å². The number of hydrogen-bond acceptors (Lipinski definition) is 1. The fourth-order valence-electron chi connectivity index (χ4n) is 8.75. The summed E-state index contributed by atoms with van der Waals surface area (Å²) in [7, 11) is 0. The molecule has 0 radical (unpaired) electrons. The summed E-state index contributed by atoms with van der Waals surface area (Å²) in [4.78, 5) is 4.10. The maximum absolute atomic E-state index is 10.3. The molecule has 8 aromatic carbocycles. The molecule has 0 aliphatic carbocycles. The largest absolute Gasteiger partial charge is 0.309 e. The van der Waals surface area contributed by atoms with Gasteiger partial charge in [0.15, 0.2) is 5.69 Å². The molecule has 254 valence electrons. The lowest BCUT2D eigenvalue weighted by Gasteiger charge is -2.16. The number of aromatic nitrogens is 3. The maximum atomic E-state index is 10.3. The summed E-state index contributed by atoms with van der Waals surface area (Å²) >= 11 is 0. The molecule has 3 aromatic heterocycles. The summed E-state index contributed by atoms with van der Waals surface area (Å²) in [6, 6.07) is 63.4. The monoisotopic (exact) mass is 699 g/mol. The van der Waals surface area contributed by atoms with E-state index in [1.165, 1.54) is 10.8 Å². The van der Waals surface area contributed by atoms with E-state index in [-0.39, 0.29) is 0 Å². The third kappa shape index (κ3) is 4.45. The van der Waals surface area contributed by atoms with Crippen LogP contribution < -0.4 is 0 Å². The van der Waals surface area contributed by atoms with E-state index in [0.29, 0.717) is 11.3 Å². The zero-order chi connectivity index (χ0) is 36.6. The Bertz CT molecular complexity index is 3350. The molecule has 0 aliphatic heterocycles. The van der Waals surface area contributed by atoms with Gasteiger partial charge in [-0.3, -0.25) is 0 Å². The molecule has 0 saturated carbocycles. The van der Waals surface area contributed by atoms with Crippen molar-refractivity contribution in [3.05, 3.63) is 193 Å². The lowest BCUT2D eigenvalue weighted by Crippen LogP contribution is -2.01. The third-order valence-corrected chi connectivity index (χ3v) is 11.1. The second kappa shape index (κ2) is 11.8. The highest BCUT2D eigenvalue weighted by Gasteiger charge is 2.22. The van der Waals surface area contributed by atoms with Gasteiger partial charge in [0, 0.05) is 43.7 Å². The Balaban J connectivity index is 1.11. The Morgan fingerprint density at radius 3 is 1.40 bits per heavy atom. The van der Waals surface area contributed by atoms with E-state index in [2.05, 4.69) is 170 Å². The van der Waals surface area contributed by atoms with Gasteiger partial charge in [-0.1, -0.05) is 109 Å². The number of benzene rings is 8. The van der Waals surface area contributed by atoms with Gasteiger partial charge in [-0.05, 0) is 77.9 Å². The Labute approximate surface area is 316 Å². The quantitative estimate of drug-likeness (QED) is 0.169. The molecule has 0 spiro atoms. The Morgan fingerprint density at radius 1 is 0.436 bits per heavy atom. The predicted molar refractivity (Wildman–Crippen MR) is 226 cm³/mol. The molecule has 0 fully saturated rings. The molecule has 0 unspecified atom stereocenters. The predicted octanol–water partition coefficient (Wildman–Crippen LogP) is 13.1. The van der Waals surface area contributed by atoms with Crippen LogP contribution in [0.1, 0.15) is 5.56 Å². The Morgan fingerprint density at radius 2 is 0.891 bits per heavy atom. The normalized spacial score (nSPS) is 11.6. The molecule has 0 aliphatic rings. The standard InChI is InChI=1S/C50H29N5/c1-52-43-30-35(26-27-36(43)33-22-24-34(25-23-33)53-44-17-7-2-12-37(44)38-13-3-8-18-45(38)53)54-46-19-9-6-16-41(46)42-28-32(31-51)29-49(50(42)54)55-47-20-10-4-14-39(47)40-15-5-11-21-48(40)55/h2-30H. The zero-order valence-electron chi connectivity index (χ0n) is 29.5.